The van der Waals surface area contributed by atoms with E-state index in [0.29, 0.717) is 0 Å². The first-order valence-electron chi connectivity index (χ1n) is 4.62. The predicted molar refractivity (Wildman–Crippen MR) is 54.5 cm³/mol. The van der Waals surface area contributed by atoms with E-state index in [1.165, 1.54) is 5.56 Å². The quantitative estimate of drug-likeness (QED) is 0.708. The van der Waals surface area contributed by atoms with Gasteiger partial charge in [0.15, 0.2) is 0 Å². The molecule has 0 aliphatic heterocycles. The first kappa shape index (κ1) is 10.2. The second-order valence-corrected chi connectivity index (χ2v) is 3.35. The second-order valence-electron chi connectivity index (χ2n) is 3.35. The lowest BCUT2D eigenvalue weighted by molar-refractivity contribution is 0.0393. The first-order chi connectivity index (χ1) is 6.20. The van der Waals surface area contributed by atoms with Gasteiger partial charge in [-0.3, -0.25) is 4.90 Å². The Hall–Kier alpha value is -0.860. The van der Waals surface area contributed by atoms with Crippen LogP contribution in [0.4, 0.5) is 0 Å². The summed E-state index contributed by atoms with van der Waals surface area (Å²) < 4.78 is 0. The van der Waals surface area contributed by atoms with E-state index in [4.69, 9.17) is 0 Å². The summed E-state index contributed by atoms with van der Waals surface area (Å²) in [6.07, 6.45) is 0.631. The average Bonchev–Trinajstić information content (AvgIpc) is 2.15. The van der Waals surface area contributed by atoms with Crippen LogP contribution in [0.25, 0.3) is 0 Å². The predicted octanol–water partition coefficient (Wildman–Crippen LogP) is 1.50. The van der Waals surface area contributed by atoms with Crippen molar-refractivity contribution in [2.24, 2.45) is 0 Å². The highest BCUT2D eigenvalue weighted by Crippen LogP contribution is 2.01. The van der Waals surface area contributed by atoms with Crippen molar-refractivity contribution >= 4 is 0 Å². The van der Waals surface area contributed by atoms with E-state index in [2.05, 4.69) is 12.1 Å². The minimum absolute atomic E-state index is 0.358. The largest absolute Gasteiger partial charge is 0.379 e. The lowest BCUT2D eigenvalue weighted by Crippen LogP contribution is -2.30. The third-order valence-corrected chi connectivity index (χ3v) is 2.23. The summed E-state index contributed by atoms with van der Waals surface area (Å²) in [7, 11) is 1.92. The highest BCUT2D eigenvalue weighted by atomic mass is 16.3. The van der Waals surface area contributed by atoms with Crippen LogP contribution in [0.3, 0.4) is 0 Å². The molecule has 0 fully saturated rings. The van der Waals surface area contributed by atoms with Gasteiger partial charge in [0.05, 0.1) is 0 Å². The third-order valence-electron chi connectivity index (χ3n) is 2.23. The van der Waals surface area contributed by atoms with Gasteiger partial charge >= 0.3 is 0 Å². The number of aliphatic hydroxyl groups is 1. The van der Waals surface area contributed by atoms with Crippen LogP contribution in [-0.4, -0.2) is 29.8 Å². The van der Waals surface area contributed by atoms with Crippen LogP contribution in [-0.2, 0) is 6.42 Å². The number of rotatable bonds is 4. The first-order valence-corrected chi connectivity index (χ1v) is 4.62. The summed E-state index contributed by atoms with van der Waals surface area (Å²) in [4.78, 5) is 1.92. The van der Waals surface area contributed by atoms with E-state index in [9.17, 15) is 5.11 Å². The molecule has 1 rings (SSSR count). The summed E-state index contributed by atoms with van der Waals surface area (Å²) in [5.74, 6) is 0. The third kappa shape index (κ3) is 3.57. The summed E-state index contributed by atoms with van der Waals surface area (Å²) in [5, 5.41) is 9.22. The highest BCUT2D eigenvalue weighted by Gasteiger charge is 2.03. The van der Waals surface area contributed by atoms with Gasteiger partial charge in [-0.2, -0.15) is 0 Å². The molecule has 0 aliphatic rings. The Kier molecular flexibility index (Phi) is 3.93. The number of likely N-dealkylation sites (N-methyl/N-ethyl adjacent to an activating group) is 1. The van der Waals surface area contributed by atoms with Crippen molar-refractivity contribution < 1.29 is 5.11 Å². The number of hydrogen-bond donors (Lipinski definition) is 1. The molecule has 1 atom stereocenters. The smallest absolute Gasteiger partial charge is 0.104 e. The van der Waals surface area contributed by atoms with Gasteiger partial charge in [0, 0.05) is 6.54 Å². The lowest BCUT2D eigenvalue weighted by atomic mass is 10.1. The van der Waals surface area contributed by atoms with Crippen molar-refractivity contribution in [3.63, 3.8) is 0 Å². The molecule has 0 spiro atoms. The molecule has 2 heteroatoms. The van der Waals surface area contributed by atoms with Crippen LogP contribution in [0.1, 0.15) is 12.5 Å². The van der Waals surface area contributed by atoms with Gasteiger partial charge in [0.2, 0.25) is 0 Å². The molecule has 72 valence electrons. The molecule has 2 nitrogen and oxygen atoms in total. The molecule has 1 aromatic carbocycles. The van der Waals surface area contributed by atoms with Crippen molar-refractivity contribution in [3.8, 4) is 0 Å². The zero-order chi connectivity index (χ0) is 9.68. The molecule has 1 aromatic rings. The van der Waals surface area contributed by atoms with Crippen molar-refractivity contribution in [2.75, 3.05) is 13.6 Å². The van der Waals surface area contributed by atoms with E-state index < -0.39 is 0 Å². The van der Waals surface area contributed by atoms with E-state index >= 15 is 0 Å². The zero-order valence-electron chi connectivity index (χ0n) is 8.27. The summed E-state index contributed by atoms with van der Waals surface area (Å²) in [5.41, 5.74) is 1.31. The number of nitrogens with zero attached hydrogens (tertiary/aromatic N) is 1. The van der Waals surface area contributed by atoms with Gasteiger partial charge in [0.25, 0.3) is 0 Å². The summed E-state index contributed by atoms with van der Waals surface area (Å²) in [6.45, 7) is 2.67. The molecule has 0 bridgehead atoms. The Morgan fingerprint density at radius 3 is 2.46 bits per heavy atom. The normalized spacial score (nSPS) is 13.2. The van der Waals surface area contributed by atoms with Gasteiger partial charge < -0.3 is 5.11 Å². The average molecular weight is 179 g/mol. The van der Waals surface area contributed by atoms with E-state index in [0.717, 1.165) is 13.0 Å². The fourth-order valence-corrected chi connectivity index (χ4v) is 1.14. The molecule has 0 aromatic heterocycles. The molecule has 1 N–H and O–H groups in total. The molecular formula is C11H17NO. The maximum atomic E-state index is 9.22. The lowest BCUT2D eigenvalue weighted by Gasteiger charge is -2.19. The van der Waals surface area contributed by atoms with Crippen LogP contribution in [0, 0.1) is 0 Å². The summed E-state index contributed by atoms with van der Waals surface area (Å²) >= 11 is 0. The Morgan fingerprint density at radius 1 is 1.31 bits per heavy atom. The molecule has 0 saturated carbocycles. The zero-order valence-corrected chi connectivity index (χ0v) is 8.27. The van der Waals surface area contributed by atoms with Gasteiger partial charge in [-0.1, -0.05) is 30.3 Å². The van der Waals surface area contributed by atoms with Crippen molar-refractivity contribution in [1.29, 1.82) is 0 Å². The Bertz CT molecular complexity index is 233. The Labute approximate surface area is 79.8 Å². The van der Waals surface area contributed by atoms with Crippen molar-refractivity contribution in [1.82, 2.24) is 4.90 Å². The van der Waals surface area contributed by atoms with Crippen LogP contribution in [0.15, 0.2) is 30.3 Å². The van der Waals surface area contributed by atoms with E-state index in [-0.39, 0.29) is 6.23 Å². The maximum absolute atomic E-state index is 9.22. The fourth-order valence-electron chi connectivity index (χ4n) is 1.14. The van der Waals surface area contributed by atoms with Gasteiger partial charge in [0.1, 0.15) is 6.23 Å². The van der Waals surface area contributed by atoms with E-state index in [1.807, 2.05) is 30.1 Å². The van der Waals surface area contributed by atoms with Gasteiger partial charge in [-0.25, -0.2) is 0 Å². The molecule has 0 amide bonds. The topological polar surface area (TPSA) is 23.5 Å². The number of benzene rings is 1. The number of hydrogen-bond acceptors (Lipinski definition) is 2. The molecule has 0 heterocycles. The van der Waals surface area contributed by atoms with Crippen molar-refractivity contribution in [2.45, 2.75) is 19.6 Å². The molecular weight excluding hydrogens is 162 g/mol. The molecule has 0 aliphatic carbocycles. The van der Waals surface area contributed by atoms with E-state index in [1.54, 1.807) is 6.92 Å². The standard InChI is InChI=1S/C11H17NO/c1-10(13)12(2)9-8-11-6-4-3-5-7-11/h3-7,10,13H,8-9H2,1-2H3. The van der Waals surface area contributed by atoms with Gasteiger partial charge in [-0.05, 0) is 26.0 Å². The second kappa shape index (κ2) is 5.00. The fraction of sp³-hybridized carbons (Fsp3) is 0.455. The van der Waals surface area contributed by atoms with Crippen LogP contribution >= 0.6 is 0 Å². The molecule has 0 saturated heterocycles. The highest BCUT2D eigenvalue weighted by molar-refractivity contribution is 5.14. The maximum Gasteiger partial charge on any atom is 0.104 e. The van der Waals surface area contributed by atoms with Crippen LogP contribution in [0.5, 0.6) is 0 Å². The molecule has 13 heavy (non-hydrogen) atoms. The SMILES string of the molecule is CC(O)N(C)CCc1ccccc1. The molecule has 0 radical (unpaired) electrons. The van der Waals surface area contributed by atoms with Crippen LogP contribution < -0.4 is 0 Å². The van der Waals surface area contributed by atoms with Crippen LogP contribution in [0.2, 0.25) is 0 Å². The molecule has 1 unspecified atom stereocenters. The monoisotopic (exact) mass is 179 g/mol. The summed E-state index contributed by atoms with van der Waals surface area (Å²) in [6, 6.07) is 10.3. The van der Waals surface area contributed by atoms with Gasteiger partial charge in [-0.15, -0.1) is 0 Å². The number of aliphatic hydroxyl groups excluding tert-OH is 1. The minimum Gasteiger partial charge on any atom is -0.379 e. The Balaban J connectivity index is 2.35. The minimum atomic E-state index is -0.358. The van der Waals surface area contributed by atoms with Crippen molar-refractivity contribution in [3.05, 3.63) is 35.9 Å². The Morgan fingerprint density at radius 2 is 1.92 bits per heavy atom.